The topological polar surface area (TPSA) is 21.1 Å². The van der Waals surface area contributed by atoms with Crippen molar-refractivity contribution in [3.63, 3.8) is 0 Å². The van der Waals surface area contributed by atoms with E-state index in [0.717, 1.165) is 29.9 Å². The van der Waals surface area contributed by atoms with Gasteiger partial charge in [0.25, 0.3) is 0 Å². The Labute approximate surface area is 105 Å². The lowest BCUT2D eigenvalue weighted by Crippen LogP contribution is -2.19. The molecule has 1 heterocycles. The van der Waals surface area contributed by atoms with E-state index in [1.54, 1.807) is 6.07 Å². The summed E-state index contributed by atoms with van der Waals surface area (Å²) in [6, 6.07) is 4.62. The van der Waals surface area contributed by atoms with Crippen molar-refractivity contribution in [3.8, 4) is 0 Å². The highest BCUT2D eigenvalue weighted by atomic mass is 35.5. The number of hydrogen-bond donors (Lipinski definition) is 0. The zero-order valence-corrected chi connectivity index (χ0v) is 10.7. The van der Waals surface area contributed by atoms with Gasteiger partial charge < -0.3 is 9.47 Å². The molecule has 0 aliphatic heterocycles. The van der Waals surface area contributed by atoms with E-state index in [4.69, 9.17) is 11.6 Å². The van der Waals surface area contributed by atoms with Gasteiger partial charge in [-0.2, -0.15) is 0 Å². The molecule has 0 spiro atoms. The molecule has 0 fully saturated rings. The van der Waals surface area contributed by atoms with Crippen LogP contribution >= 0.6 is 11.6 Å². The van der Waals surface area contributed by atoms with Crippen molar-refractivity contribution < 1.29 is 4.39 Å². The van der Waals surface area contributed by atoms with Gasteiger partial charge in [0.05, 0.1) is 16.9 Å². The molecule has 17 heavy (non-hydrogen) atoms. The first kappa shape index (κ1) is 12.3. The maximum atomic E-state index is 13.2. The van der Waals surface area contributed by atoms with Crippen molar-refractivity contribution in [2.45, 2.75) is 12.4 Å². The van der Waals surface area contributed by atoms with Crippen LogP contribution in [0.25, 0.3) is 11.0 Å². The number of fused-ring (bicyclic) bond motifs is 1. The number of likely N-dealkylation sites (N-methyl/N-ethyl adjacent to an activating group) is 1. The second kappa shape index (κ2) is 5.02. The average molecular weight is 256 g/mol. The number of nitrogens with zero attached hydrogens (tertiary/aromatic N) is 3. The largest absolute Gasteiger partial charge is 0.326 e. The number of hydrogen-bond acceptors (Lipinski definition) is 2. The number of alkyl halides is 1. The Hall–Kier alpha value is -1.13. The number of imidazole rings is 1. The van der Waals surface area contributed by atoms with Gasteiger partial charge in [0.15, 0.2) is 0 Å². The van der Waals surface area contributed by atoms with Gasteiger partial charge in [0.1, 0.15) is 11.6 Å². The maximum absolute atomic E-state index is 13.2. The monoisotopic (exact) mass is 255 g/mol. The molecule has 0 aliphatic rings. The number of rotatable bonds is 4. The molecule has 1 aromatic heterocycles. The Kier molecular flexibility index (Phi) is 3.64. The van der Waals surface area contributed by atoms with Crippen LogP contribution in [0.15, 0.2) is 18.2 Å². The fourth-order valence-corrected chi connectivity index (χ4v) is 2.00. The Balaban J connectivity index is 2.45. The molecular formula is C12H15ClFN3. The number of benzene rings is 1. The highest BCUT2D eigenvalue weighted by Crippen LogP contribution is 2.18. The first-order valence-corrected chi connectivity index (χ1v) is 6.00. The smallest absolute Gasteiger partial charge is 0.125 e. The molecule has 0 bridgehead atoms. The van der Waals surface area contributed by atoms with Crippen LogP contribution in [-0.2, 0) is 12.4 Å². The highest BCUT2D eigenvalue weighted by Gasteiger charge is 2.10. The molecule has 3 nitrogen and oxygen atoms in total. The Morgan fingerprint density at radius 3 is 2.82 bits per heavy atom. The van der Waals surface area contributed by atoms with E-state index in [1.165, 1.54) is 12.1 Å². The quantitative estimate of drug-likeness (QED) is 0.783. The summed E-state index contributed by atoms with van der Waals surface area (Å²) in [5.41, 5.74) is 1.60. The number of aromatic nitrogens is 2. The summed E-state index contributed by atoms with van der Waals surface area (Å²) in [7, 11) is 4.00. The molecule has 0 atom stereocenters. The predicted molar refractivity (Wildman–Crippen MR) is 67.8 cm³/mol. The minimum absolute atomic E-state index is 0.246. The van der Waals surface area contributed by atoms with Gasteiger partial charge in [0, 0.05) is 13.1 Å². The van der Waals surface area contributed by atoms with Crippen LogP contribution in [0.5, 0.6) is 0 Å². The van der Waals surface area contributed by atoms with Gasteiger partial charge in [-0.25, -0.2) is 9.37 Å². The lowest BCUT2D eigenvalue weighted by atomic mass is 10.3. The molecule has 2 rings (SSSR count). The normalized spacial score (nSPS) is 11.6. The van der Waals surface area contributed by atoms with Crippen molar-refractivity contribution in [1.29, 1.82) is 0 Å². The van der Waals surface area contributed by atoms with E-state index < -0.39 is 0 Å². The third-order valence-electron chi connectivity index (χ3n) is 2.68. The van der Waals surface area contributed by atoms with E-state index in [9.17, 15) is 4.39 Å². The van der Waals surface area contributed by atoms with E-state index >= 15 is 0 Å². The van der Waals surface area contributed by atoms with Crippen LogP contribution in [-0.4, -0.2) is 35.1 Å². The van der Waals surface area contributed by atoms with Gasteiger partial charge in [-0.3, -0.25) is 0 Å². The predicted octanol–water partition coefficient (Wildman–Crippen LogP) is 2.48. The minimum Gasteiger partial charge on any atom is -0.326 e. The van der Waals surface area contributed by atoms with E-state index in [1.807, 2.05) is 18.7 Å². The first-order valence-electron chi connectivity index (χ1n) is 5.47. The zero-order chi connectivity index (χ0) is 12.4. The first-order chi connectivity index (χ1) is 8.11. The molecule has 0 amide bonds. The fourth-order valence-electron chi connectivity index (χ4n) is 1.80. The van der Waals surface area contributed by atoms with Gasteiger partial charge in [0.2, 0.25) is 0 Å². The summed E-state index contributed by atoms with van der Waals surface area (Å²) < 4.78 is 15.2. The zero-order valence-electron chi connectivity index (χ0n) is 9.95. The Bertz CT molecular complexity index is 522. The van der Waals surface area contributed by atoms with Gasteiger partial charge in [-0.1, -0.05) is 0 Å². The summed E-state index contributed by atoms with van der Waals surface area (Å²) >= 11 is 5.87. The average Bonchev–Trinajstić information content (AvgIpc) is 2.63. The van der Waals surface area contributed by atoms with Crippen molar-refractivity contribution in [2.24, 2.45) is 0 Å². The molecule has 0 N–H and O–H groups in total. The summed E-state index contributed by atoms with van der Waals surface area (Å²) in [4.78, 5) is 6.47. The third kappa shape index (κ3) is 2.58. The molecule has 92 valence electrons. The number of halogens is 2. The summed E-state index contributed by atoms with van der Waals surface area (Å²) in [6.45, 7) is 1.63. The molecule has 0 saturated carbocycles. The Morgan fingerprint density at radius 2 is 2.18 bits per heavy atom. The summed E-state index contributed by atoms with van der Waals surface area (Å²) in [6.07, 6.45) is 0. The minimum atomic E-state index is -0.246. The molecule has 1 aromatic carbocycles. The molecule has 0 radical (unpaired) electrons. The molecule has 5 heteroatoms. The second-order valence-electron chi connectivity index (χ2n) is 4.25. The van der Waals surface area contributed by atoms with E-state index in [0.29, 0.717) is 5.88 Å². The Morgan fingerprint density at radius 1 is 1.41 bits per heavy atom. The van der Waals surface area contributed by atoms with Crippen LogP contribution < -0.4 is 0 Å². The molecule has 0 saturated heterocycles. The van der Waals surface area contributed by atoms with Crippen LogP contribution in [0.3, 0.4) is 0 Å². The summed E-state index contributed by atoms with van der Waals surface area (Å²) in [5, 5.41) is 0. The molecule has 0 unspecified atom stereocenters. The van der Waals surface area contributed by atoms with Crippen LogP contribution in [0.1, 0.15) is 5.82 Å². The molecule has 2 aromatic rings. The SMILES string of the molecule is CN(C)CCn1c(CCl)nc2ccc(F)cc21. The van der Waals surface area contributed by atoms with Crippen molar-refractivity contribution in [2.75, 3.05) is 20.6 Å². The second-order valence-corrected chi connectivity index (χ2v) is 4.52. The standard InChI is InChI=1S/C12H15ClFN3/c1-16(2)5-6-17-11-7-9(14)3-4-10(11)15-12(17)8-13/h3-4,7H,5-6,8H2,1-2H3. The lowest BCUT2D eigenvalue weighted by molar-refractivity contribution is 0.384. The van der Waals surface area contributed by atoms with E-state index in [2.05, 4.69) is 9.88 Å². The molecule has 0 aliphatic carbocycles. The van der Waals surface area contributed by atoms with Crippen molar-refractivity contribution >= 4 is 22.6 Å². The van der Waals surface area contributed by atoms with E-state index in [-0.39, 0.29) is 5.82 Å². The van der Waals surface area contributed by atoms with Crippen LogP contribution in [0.4, 0.5) is 4.39 Å². The van der Waals surface area contributed by atoms with Gasteiger partial charge in [-0.15, -0.1) is 11.6 Å². The summed E-state index contributed by atoms with van der Waals surface area (Å²) in [5.74, 6) is 0.878. The van der Waals surface area contributed by atoms with Gasteiger partial charge in [-0.05, 0) is 32.3 Å². The van der Waals surface area contributed by atoms with Crippen LogP contribution in [0, 0.1) is 5.82 Å². The maximum Gasteiger partial charge on any atom is 0.125 e. The third-order valence-corrected chi connectivity index (χ3v) is 2.92. The van der Waals surface area contributed by atoms with Crippen molar-refractivity contribution in [1.82, 2.24) is 14.5 Å². The molecular weight excluding hydrogens is 241 g/mol. The fraction of sp³-hybridized carbons (Fsp3) is 0.417. The van der Waals surface area contributed by atoms with Crippen molar-refractivity contribution in [3.05, 3.63) is 29.8 Å². The van der Waals surface area contributed by atoms with Crippen LogP contribution in [0.2, 0.25) is 0 Å². The highest BCUT2D eigenvalue weighted by molar-refractivity contribution is 6.16. The van der Waals surface area contributed by atoms with Gasteiger partial charge >= 0.3 is 0 Å². The lowest BCUT2D eigenvalue weighted by Gasteiger charge is -2.12.